The molecule has 38 heavy (non-hydrogen) atoms. The van der Waals surface area contributed by atoms with Crippen molar-refractivity contribution in [1.82, 2.24) is 20.9 Å². The Kier molecular flexibility index (Phi) is 10.4. The Balaban J connectivity index is 1.50. The molecule has 1 aromatic rings. The van der Waals surface area contributed by atoms with Crippen LogP contribution in [0, 0.1) is 5.92 Å². The van der Waals surface area contributed by atoms with Crippen LogP contribution in [0.15, 0.2) is 42.1 Å². The molecule has 1 aromatic carbocycles. The first-order chi connectivity index (χ1) is 18.2. The van der Waals surface area contributed by atoms with Crippen molar-refractivity contribution in [3.63, 3.8) is 0 Å². The van der Waals surface area contributed by atoms with Crippen molar-refractivity contribution in [2.75, 3.05) is 13.2 Å². The van der Waals surface area contributed by atoms with Gasteiger partial charge in [0.2, 0.25) is 17.6 Å². The van der Waals surface area contributed by atoms with Crippen LogP contribution in [-0.2, 0) is 30.5 Å². The second-order valence-corrected chi connectivity index (χ2v) is 9.77. The quantitative estimate of drug-likeness (QED) is 0.281. The van der Waals surface area contributed by atoms with Crippen LogP contribution in [0.5, 0.6) is 0 Å². The fraction of sp³-hybridized carbons (Fsp3) is 0.519. The molecule has 1 heterocycles. The number of likely N-dealkylation sites (tertiary alicyclic amines) is 1. The molecule has 2 aliphatic rings. The summed E-state index contributed by atoms with van der Waals surface area (Å²) in [6.07, 6.45) is 4.95. The molecule has 5 amide bonds. The van der Waals surface area contributed by atoms with Crippen LogP contribution >= 0.6 is 0 Å². The number of amides is 5. The molecule has 1 saturated carbocycles. The van der Waals surface area contributed by atoms with Crippen molar-refractivity contribution >= 4 is 29.5 Å². The Hall–Kier alpha value is -3.73. The molecule has 0 spiro atoms. The molecule has 3 atom stereocenters. The van der Waals surface area contributed by atoms with Crippen LogP contribution in [0.25, 0.3) is 0 Å². The Morgan fingerprint density at radius 3 is 2.45 bits per heavy atom. The van der Waals surface area contributed by atoms with Gasteiger partial charge in [0, 0.05) is 12.2 Å². The normalized spacial score (nSPS) is 18.8. The number of ketones is 1. The van der Waals surface area contributed by atoms with Gasteiger partial charge >= 0.3 is 6.03 Å². The van der Waals surface area contributed by atoms with Crippen LogP contribution in [0.4, 0.5) is 4.79 Å². The van der Waals surface area contributed by atoms with E-state index in [1.54, 1.807) is 19.9 Å². The Bertz CT molecular complexity index is 1060. The first-order valence-electron chi connectivity index (χ1n) is 13.0. The minimum Gasteiger partial charge on any atom is -0.371 e. The maximum atomic E-state index is 13.1. The van der Waals surface area contributed by atoms with Gasteiger partial charge in [-0.2, -0.15) is 0 Å². The molecule has 11 heteroatoms. The summed E-state index contributed by atoms with van der Waals surface area (Å²) < 4.78 is 5.66. The van der Waals surface area contributed by atoms with E-state index in [-0.39, 0.29) is 12.5 Å². The summed E-state index contributed by atoms with van der Waals surface area (Å²) in [6, 6.07) is 6.38. The predicted octanol–water partition coefficient (Wildman–Crippen LogP) is 1.13. The fourth-order valence-electron chi connectivity index (χ4n) is 4.39. The summed E-state index contributed by atoms with van der Waals surface area (Å²) in [6.45, 7) is 4.23. The SMILES string of the molecule is C/C=C(\COCc1ccccc1)NC(=O)N[C@@H](C)C(=O)N1CCC[C@H]1C(=O)NC(CC1CC1)C(=O)C(N)=O. The number of urea groups is 1. The number of benzene rings is 1. The van der Waals surface area contributed by atoms with Crippen LogP contribution in [0.2, 0.25) is 0 Å². The molecule has 1 aliphatic carbocycles. The number of hydrogen-bond donors (Lipinski definition) is 4. The lowest BCUT2D eigenvalue weighted by Crippen LogP contribution is -2.56. The number of nitrogens with zero attached hydrogens (tertiary/aromatic N) is 1. The third-order valence-electron chi connectivity index (χ3n) is 6.69. The molecule has 5 N–H and O–H groups in total. The van der Waals surface area contributed by atoms with E-state index >= 15 is 0 Å². The van der Waals surface area contributed by atoms with Gasteiger partial charge in [0.05, 0.1) is 19.3 Å². The van der Waals surface area contributed by atoms with Gasteiger partial charge in [-0.25, -0.2) is 4.79 Å². The number of ether oxygens (including phenoxy) is 1. The molecule has 3 rings (SSSR count). The van der Waals surface area contributed by atoms with E-state index in [1.165, 1.54) is 4.90 Å². The molecule has 1 saturated heterocycles. The minimum absolute atomic E-state index is 0.182. The summed E-state index contributed by atoms with van der Waals surface area (Å²) in [5.74, 6) is -2.57. The summed E-state index contributed by atoms with van der Waals surface area (Å²) in [5, 5.41) is 7.94. The number of carbonyl (C=O) groups is 5. The lowest BCUT2D eigenvalue weighted by molar-refractivity contribution is -0.142. The van der Waals surface area contributed by atoms with Gasteiger partial charge in [-0.15, -0.1) is 0 Å². The van der Waals surface area contributed by atoms with E-state index in [4.69, 9.17) is 10.5 Å². The summed E-state index contributed by atoms with van der Waals surface area (Å²) in [5.41, 5.74) is 6.71. The highest BCUT2D eigenvalue weighted by atomic mass is 16.5. The van der Waals surface area contributed by atoms with Gasteiger partial charge in [-0.05, 0) is 44.6 Å². The van der Waals surface area contributed by atoms with Gasteiger partial charge < -0.3 is 31.3 Å². The predicted molar refractivity (Wildman–Crippen MR) is 139 cm³/mol. The van der Waals surface area contributed by atoms with Crippen LogP contribution < -0.4 is 21.7 Å². The summed E-state index contributed by atoms with van der Waals surface area (Å²) in [7, 11) is 0. The molecule has 11 nitrogen and oxygen atoms in total. The molecular weight excluding hydrogens is 490 g/mol. The maximum absolute atomic E-state index is 13.1. The third kappa shape index (κ3) is 8.41. The van der Waals surface area contributed by atoms with Crippen LogP contribution in [-0.4, -0.2) is 65.7 Å². The second-order valence-electron chi connectivity index (χ2n) is 9.77. The number of carbonyl (C=O) groups excluding carboxylic acids is 5. The second kappa shape index (κ2) is 13.7. The lowest BCUT2D eigenvalue weighted by atomic mass is 10.0. The van der Waals surface area contributed by atoms with E-state index in [0.29, 0.717) is 38.1 Å². The summed E-state index contributed by atoms with van der Waals surface area (Å²) in [4.78, 5) is 63.7. The van der Waals surface area contributed by atoms with Crippen molar-refractivity contribution in [2.24, 2.45) is 11.7 Å². The van der Waals surface area contributed by atoms with E-state index in [1.807, 2.05) is 30.3 Å². The van der Waals surface area contributed by atoms with E-state index in [2.05, 4.69) is 16.0 Å². The standard InChI is InChI=1S/C27H37N5O6/c1-3-20(16-38-15-19-8-5-4-6-9-19)30-27(37)29-17(2)26(36)32-13-7-10-22(32)25(35)31-21(14-18-11-12-18)23(33)24(28)34/h3-6,8-9,17-18,21-22H,7,10-16H2,1-2H3,(H2,28,34)(H,31,35)(H2,29,30,37)/b20-3+/t17-,21?,22-/m0/s1. The first kappa shape index (κ1) is 28.8. The lowest BCUT2D eigenvalue weighted by Gasteiger charge is -2.28. The fourth-order valence-corrected chi connectivity index (χ4v) is 4.39. The minimum atomic E-state index is -1.09. The van der Waals surface area contributed by atoms with Gasteiger partial charge in [-0.1, -0.05) is 49.2 Å². The third-order valence-corrected chi connectivity index (χ3v) is 6.69. The number of primary amides is 1. The van der Waals surface area contributed by atoms with Gasteiger partial charge in [0.1, 0.15) is 12.1 Å². The molecule has 0 radical (unpaired) electrons. The van der Waals surface area contributed by atoms with E-state index in [9.17, 15) is 24.0 Å². The zero-order valence-corrected chi connectivity index (χ0v) is 21.9. The number of allylic oxidation sites excluding steroid dienone is 1. The van der Waals surface area contributed by atoms with Crippen molar-refractivity contribution in [1.29, 1.82) is 0 Å². The van der Waals surface area contributed by atoms with E-state index < -0.39 is 47.7 Å². The van der Waals surface area contributed by atoms with Crippen molar-refractivity contribution in [2.45, 2.75) is 70.7 Å². The molecule has 0 aromatic heterocycles. The van der Waals surface area contributed by atoms with E-state index in [0.717, 1.165) is 18.4 Å². The zero-order chi connectivity index (χ0) is 27.7. The smallest absolute Gasteiger partial charge is 0.319 e. The zero-order valence-electron chi connectivity index (χ0n) is 21.9. The molecule has 0 bridgehead atoms. The van der Waals surface area contributed by atoms with Gasteiger partial charge in [-0.3, -0.25) is 19.2 Å². The highest BCUT2D eigenvalue weighted by Crippen LogP contribution is 2.33. The largest absolute Gasteiger partial charge is 0.371 e. The molecular formula is C27H37N5O6. The Morgan fingerprint density at radius 2 is 1.82 bits per heavy atom. The summed E-state index contributed by atoms with van der Waals surface area (Å²) >= 11 is 0. The highest BCUT2D eigenvalue weighted by Gasteiger charge is 2.39. The number of nitrogens with one attached hydrogen (secondary N) is 3. The molecule has 1 aliphatic heterocycles. The van der Waals surface area contributed by atoms with Crippen LogP contribution in [0.3, 0.4) is 0 Å². The average molecular weight is 528 g/mol. The topological polar surface area (TPSA) is 160 Å². The Labute approximate surface area is 222 Å². The monoisotopic (exact) mass is 527 g/mol. The first-order valence-corrected chi connectivity index (χ1v) is 13.0. The maximum Gasteiger partial charge on any atom is 0.319 e. The van der Waals surface area contributed by atoms with Gasteiger partial charge in [0.15, 0.2) is 0 Å². The molecule has 1 unspecified atom stereocenters. The average Bonchev–Trinajstić information content (AvgIpc) is 3.58. The molecule has 2 fully saturated rings. The highest BCUT2D eigenvalue weighted by molar-refractivity contribution is 6.37. The van der Waals surface area contributed by atoms with Crippen LogP contribution in [0.1, 0.15) is 51.5 Å². The van der Waals surface area contributed by atoms with Gasteiger partial charge in [0.25, 0.3) is 5.91 Å². The van der Waals surface area contributed by atoms with Crippen molar-refractivity contribution in [3.8, 4) is 0 Å². The number of Topliss-reactive ketones (excluding diaryl/α,β-unsaturated/α-hetero) is 1. The van der Waals surface area contributed by atoms with Crippen molar-refractivity contribution in [3.05, 3.63) is 47.7 Å². The Morgan fingerprint density at radius 1 is 1.11 bits per heavy atom. The number of hydrogen-bond acceptors (Lipinski definition) is 6. The number of rotatable bonds is 13. The van der Waals surface area contributed by atoms with Crippen molar-refractivity contribution < 1.29 is 28.7 Å². The number of nitrogens with two attached hydrogens (primary N) is 1. The molecule has 206 valence electrons.